The first-order valence-corrected chi connectivity index (χ1v) is 8.10. The van der Waals surface area contributed by atoms with E-state index < -0.39 is 0 Å². The van der Waals surface area contributed by atoms with Crippen molar-refractivity contribution < 1.29 is 9.47 Å². The van der Waals surface area contributed by atoms with Crippen LogP contribution in [0, 0.1) is 0 Å². The number of rotatable bonds is 3. The van der Waals surface area contributed by atoms with E-state index in [1.165, 1.54) is 0 Å². The number of aliphatic imine (C=N–C) groups is 1. The van der Waals surface area contributed by atoms with E-state index in [1.54, 1.807) is 7.11 Å². The summed E-state index contributed by atoms with van der Waals surface area (Å²) < 4.78 is 11.5. The lowest BCUT2D eigenvalue weighted by molar-refractivity contribution is 0.411. The Labute approximate surface area is 146 Å². The smallest absolute Gasteiger partial charge is 0.156 e. The van der Waals surface area contributed by atoms with Crippen molar-refractivity contribution >= 4 is 17.2 Å². The number of fused-ring (bicyclic) bond motifs is 1. The second kappa shape index (κ2) is 6.65. The lowest BCUT2D eigenvalue weighted by atomic mass is 10.1. The zero-order valence-corrected chi connectivity index (χ0v) is 13.8. The van der Waals surface area contributed by atoms with Gasteiger partial charge in [-0.05, 0) is 12.1 Å². The molecule has 0 N–H and O–H groups in total. The number of nitrogens with zero attached hydrogens (tertiary/aromatic N) is 1. The molecule has 3 nitrogen and oxygen atoms in total. The first-order valence-electron chi connectivity index (χ1n) is 8.10. The summed E-state index contributed by atoms with van der Waals surface area (Å²) in [6.07, 6.45) is 1.98. The van der Waals surface area contributed by atoms with Crippen LogP contribution in [-0.4, -0.2) is 12.8 Å². The van der Waals surface area contributed by atoms with Crippen LogP contribution in [0.25, 0.3) is 5.76 Å². The SMILES string of the molecule is COc1ccc2c(c1)OC(c1ccccc1)=CC(c1ccccc1)=N2. The molecule has 4 rings (SSSR count). The molecule has 3 aromatic rings. The summed E-state index contributed by atoms with van der Waals surface area (Å²) in [5, 5.41) is 0. The van der Waals surface area contributed by atoms with Crippen LogP contribution in [0.3, 0.4) is 0 Å². The van der Waals surface area contributed by atoms with Crippen LogP contribution < -0.4 is 9.47 Å². The lowest BCUT2D eigenvalue weighted by Gasteiger charge is -2.11. The summed E-state index contributed by atoms with van der Waals surface area (Å²) >= 11 is 0. The first kappa shape index (κ1) is 15.2. The number of methoxy groups -OCH3 is 1. The molecule has 0 saturated heterocycles. The van der Waals surface area contributed by atoms with Crippen molar-refractivity contribution in [2.75, 3.05) is 7.11 Å². The molecule has 0 aromatic heterocycles. The first-order chi connectivity index (χ1) is 12.3. The summed E-state index contributed by atoms with van der Waals surface area (Å²) in [6, 6.07) is 25.8. The molecule has 0 amide bonds. The monoisotopic (exact) mass is 327 g/mol. The Kier molecular flexibility index (Phi) is 4.05. The third kappa shape index (κ3) is 3.17. The fourth-order valence-electron chi connectivity index (χ4n) is 2.73. The number of allylic oxidation sites excluding steroid dienone is 1. The second-order valence-electron chi connectivity index (χ2n) is 5.67. The van der Waals surface area contributed by atoms with Crippen LogP contribution in [0.5, 0.6) is 11.5 Å². The molecule has 0 unspecified atom stereocenters. The normalized spacial score (nSPS) is 13.0. The Morgan fingerprint density at radius 1 is 0.800 bits per heavy atom. The van der Waals surface area contributed by atoms with Crippen LogP contribution >= 0.6 is 0 Å². The highest BCUT2D eigenvalue weighted by atomic mass is 16.5. The van der Waals surface area contributed by atoms with E-state index in [0.29, 0.717) is 5.75 Å². The minimum absolute atomic E-state index is 0.681. The molecule has 3 heteroatoms. The van der Waals surface area contributed by atoms with Gasteiger partial charge in [-0.2, -0.15) is 0 Å². The van der Waals surface area contributed by atoms with E-state index in [1.807, 2.05) is 84.9 Å². The molecular formula is C22H17NO2. The number of ether oxygens (including phenoxy) is 2. The number of hydrogen-bond donors (Lipinski definition) is 0. The summed E-state index contributed by atoms with van der Waals surface area (Å²) in [6.45, 7) is 0. The Balaban J connectivity index is 1.88. The number of benzene rings is 3. The maximum Gasteiger partial charge on any atom is 0.156 e. The highest BCUT2D eigenvalue weighted by Crippen LogP contribution is 2.37. The summed E-state index contributed by atoms with van der Waals surface area (Å²) in [5.41, 5.74) is 3.69. The van der Waals surface area contributed by atoms with Gasteiger partial charge in [-0.25, -0.2) is 4.99 Å². The Bertz CT molecular complexity index is 944. The third-order valence-electron chi connectivity index (χ3n) is 4.02. The molecule has 3 aromatic carbocycles. The zero-order chi connectivity index (χ0) is 17.1. The van der Waals surface area contributed by atoms with Gasteiger partial charge in [0, 0.05) is 23.3 Å². The molecule has 0 bridgehead atoms. The summed E-state index contributed by atoms with van der Waals surface area (Å²) in [7, 11) is 1.64. The molecule has 0 atom stereocenters. The van der Waals surface area contributed by atoms with E-state index in [2.05, 4.69) is 0 Å². The highest BCUT2D eigenvalue weighted by Gasteiger charge is 2.16. The van der Waals surface area contributed by atoms with Crippen molar-refractivity contribution in [1.29, 1.82) is 0 Å². The van der Waals surface area contributed by atoms with Crippen LogP contribution in [0.2, 0.25) is 0 Å². The zero-order valence-electron chi connectivity index (χ0n) is 13.8. The topological polar surface area (TPSA) is 30.8 Å². The maximum atomic E-state index is 6.20. The minimum atomic E-state index is 0.681. The molecule has 0 saturated carbocycles. The number of hydrogen-bond acceptors (Lipinski definition) is 3. The van der Waals surface area contributed by atoms with Crippen molar-refractivity contribution in [3.63, 3.8) is 0 Å². The van der Waals surface area contributed by atoms with Crippen LogP contribution in [0.15, 0.2) is 89.9 Å². The van der Waals surface area contributed by atoms with Gasteiger partial charge in [0.05, 0.1) is 12.8 Å². The van der Waals surface area contributed by atoms with E-state index >= 15 is 0 Å². The molecule has 0 spiro atoms. The van der Waals surface area contributed by atoms with Gasteiger partial charge < -0.3 is 9.47 Å². The van der Waals surface area contributed by atoms with Crippen LogP contribution in [0.1, 0.15) is 11.1 Å². The molecule has 1 aliphatic heterocycles. The van der Waals surface area contributed by atoms with E-state index in [0.717, 1.165) is 34.0 Å². The molecule has 25 heavy (non-hydrogen) atoms. The quantitative estimate of drug-likeness (QED) is 0.658. The predicted molar refractivity (Wildman–Crippen MR) is 101 cm³/mol. The highest BCUT2D eigenvalue weighted by molar-refractivity contribution is 6.13. The van der Waals surface area contributed by atoms with Crippen molar-refractivity contribution in [1.82, 2.24) is 0 Å². The van der Waals surface area contributed by atoms with Crippen LogP contribution in [0.4, 0.5) is 5.69 Å². The molecule has 0 fully saturated rings. The largest absolute Gasteiger partial charge is 0.497 e. The van der Waals surface area contributed by atoms with Crippen LogP contribution in [-0.2, 0) is 0 Å². The van der Waals surface area contributed by atoms with Gasteiger partial charge in [-0.3, -0.25) is 0 Å². The average molecular weight is 327 g/mol. The van der Waals surface area contributed by atoms with Gasteiger partial charge >= 0.3 is 0 Å². The predicted octanol–water partition coefficient (Wildman–Crippen LogP) is 5.25. The Morgan fingerprint density at radius 2 is 1.48 bits per heavy atom. The van der Waals surface area contributed by atoms with Gasteiger partial charge in [-0.1, -0.05) is 60.7 Å². The second-order valence-corrected chi connectivity index (χ2v) is 5.67. The summed E-state index contributed by atoms with van der Waals surface area (Å²) in [4.78, 5) is 4.82. The average Bonchev–Trinajstić information content (AvgIpc) is 2.88. The molecule has 0 aliphatic carbocycles. The van der Waals surface area contributed by atoms with Gasteiger partial charge in [-0.15, -0.1) is 0 Å². The summed E-state index contributed by atoms with van der Waals surface area (Å²) in [5.74, 6) is 2.18. The van der Waals surface area contributed by atoms with Crippen molar-refractivity contribution in [2.45, 2.75) is 0 Å². The third-order valence-corrected chi connectivity index (χ3v) is 4.02. The molecule has 1 aliphatic rings. The Morgan fingerprint density at radius 3 is 2.16 bits per heavy atom. The van der Waals surface area contributed by atoms with Gasteiger partial charge in [0.15, 0.2) is 5.75 Å². The van der Waals surface area contributed by atoms with E-state index in [4.69, 9.17) is 14.5 Å². The standard InChI is InChI=1S/C22H17NO2/c1-24-18-12-13-19-22(14-18)25-21(17-10-6-3-7-11-17)15-20(23-19)16-8-4-2-5-9-16/h2-15H,1H3. The molecule has 0 radical (unpaired) electrons. The fraction of sp³-hybridized carbons (Fsp3) is 0.0455. The molecular weight excluding hydrogens is 310 g/mol. The molecule has 1 heterocycles. The van der Waals surface area contributed by atoms with Gasteiger partial charge in [0.1, 0.15) is 17.2 Å². The molecule has 122 valence electrons. The fourth-order valence-corrected chi connectivity index (χ4v) is 2.73. The Hall–Kier alpha value is -3.33. The van der Waals surface area contributed by atoms with E-state index in [-0.39, 0.29) is 0 Å². The van der Waals surface area contributed by atoms with Gasteiger partial charge in [0.2, 0.25) is 0 Å². The van der Waals surface area contributed by atoms with Crippen molar-refractivity contribution in [2.24, 2.45) is 4.99 Å². The van der Waals surface area contributed by atoms with Crippen molar-refractivity contribution in [3.8, 4) is 11.5 Å². The van der Waals surface area contributed by atoms with Gasteiger partial charge in [0.25, 0.3) is 0 Å². The van der Waals surface area contributed by atoms with Crippen molar-refractivity contribution in [3.05, 3.63) is 96.1 Å². The lowest BCUT2D eigenvalue weighted by Crippen LogP contribution is -1.99. The maximum absolute atomic E-state index is 6.20. The van der Waals surface area contributed by atoms with E-state index in [9.17, 15) is 0 Å². The minimum Gasteiger partial charge on any atom is -0.497 e.